The van der Waals surface area contributed by atoms with Gasteiger partial charge in [0.15, 0.2) is 5.75 Å². The summed E-state index contributed by atoms with van der Waals surface area (Å²) >= 11 is 0. The third-order valence-corrected chi connectivity index (χ3v) is 2.77. The minimum Gasteiger partial charge on any atom is -0.484 e. The van der Waals surface area contributed by atoms with Gasteiger partial charge in [0.2, 0.25) is 0 Å². The number of anilines is 1. The van der Waals surface area contributed by atoms with E-state index in [2.05, 4.69) is 5.32 Å². The van der Waals surface area contributed by atoms with Crippen LogP contribution in [0.25, 0.3) is 0 Å². The maximum atomic E-state index is 11.2. The molecule has 1 atom stereocenters. The molecule has 1 aromatic carbocycles. The van der Waals surface area contributed by atoms with E-state index in [4.69, 9.17) is 9.84 Å². The Balaban J connectivity index is 3.09. The van der Waals surface area contributed by atoms with Crippen molar-refractivity contribution in [2.75, 3.05) is 5.32 Å². The van der Waals surface area contributed by atoms with Crippen molar-refractivity contribution in [1.29, 1.82) is 0 Å². The molecular formula is C14H20N2O5. The van der Waals surface area contributed by atoms with Gasteiger partial charge in [-0.1, -0.05) is 13.8 Å². The first-order chi connectivity index (χ1) is 9.72. The zero-order valence-corrected chi connectivity index (χ0v) is 12.5. The first-order valence-corrected chi connectivity index (χ1v) is 6.66. The third-order valence-electron chi connectivity index (χ3n) is 2.77. The summed E-state index contributed by atoms with van der Waals surface area (Å²) in [5, 5.41) is 23.0. The van der Waals surface area contributed by atoms with Crippen LogP contribution in [0.4, 0.5) is 11.4 Å². The number of nitro benzene ring substituents is 1. The number of carboxylic acid groups (broad SMARTS) is 1. The van der Waals surface area contributed by atoms with Gasteiger partial charge >= 0.3 is 11.7 Å². The Morgan fingerprint density at radius 1 is 1.33 bits per heavy atom. The summed E-state index contributed by atoms with van der Waals surface area (Å²) in [6.45, 7) is 7.08. The number of hydrogen-bond acceptors (Lipinski definition) is 5. The standard InChI is InChI=1S/C14H20N2O5/c1-8(2)13(14(17)18)15-10-5-6-11(16(19)20)12(7-10)21-9(3)4/h5-9,13,15H,1-4H3,(H,17,18). The SMILES string of the molecule is CC(C)Oc1cc(NC(C(=O)O)C(C)C)ccc1[N+](=O)[O-]. The van der Waals surface area contributed by atoms with Crippen LogP contribution in [0.1, 0.15) is 27.7 Å². The van der Waals surface area contributed by atoms with Crippen LogP contribution in [0.15, 0.2) is 18.2 Å². The van der Waals surface area contributed by atoms with Crippen LogP contribution in [0.5, 0.6) is 5.75 Å². The summed E-state index contributed by atoms with van der Waals surface area (Å²) in [5.41, 5.74) is 0.322. The molecule has 1 aromatic rings. The van der Waals surface area contributed by atoms with E-state index in [9.17, 15) is 14.9 Å². The van der Waals surface area contributed by atoms with Gasteiger partial charge in [-0.15, -0.1) is 0 Å². The van der Waals surface area contributed by atoms with E-state index < -0.39 is 16.9 Å². The Labute approximate surface area is 123 Å². The molecule has 0 aliphatic carbocycles. The van der Waals surface area contributed by atoms with Gasteiger partial charge in [0.05, 0.1) is 11.0 Å². The van der Waals surface area contributed by atoms with Gasteiger partial charge in [-0.25, -0.2) is 4.79 Å². The molecule has 0 fully saturated rings. The molecule has 0 bridgehead atoms. The summed E-state index contributed by atoms with van der Waals surface area (Å²) in [6, 6.07) is 3.46. The van der Waals surface area contributed by atoms with E-state index in [0.717, 1.165) is 0 Å². The lowest BCUT2D eigenvalue weighted by atomic mass is 10.0. The molecule has 1 unspecified atom stereocenters. The van der Waals surface area contributed by atoms with E-state index in [1.54, 1.807) is 27.7 Å². The zero-order chi connectivity index (χ0) is 16.2. The van der Waals surface area contributed by atoms with Crippen LogP contribution in [0.2, 0.25) is 0 Å². The lowest BCUT2D eigenvalue weighted by Gasteiger charge is -2.20. The van der Waals surface area contributed by atoms with Gasteiger partial charge < -0.3 is 15.2 Å². The van der Waals surface area contributed by atoms with Crippen LogP contribution in [0.3, 0.4) is 0 Å². The van der Waals surface area contributed by atoms with Crippen LogP contribution in [-0.4, -0.2) is 28.1 Å². The Hall–Kier alpha value is -2.31. The molecule has 0 saturated carbocycles. The molecule has 0 heterocycles. The highest BCUT2D eigenvalue weighted by Crippen LogP contribution is 2.31. The van der Waals surface area contributed by atoms with Gasteiger partial charge in [-0.2, -0.15) is 0 Å². The summed E-state index contributed by atoms with van der Waals surface area (Å²) in [5.74, 6) is -0.991. The average molecular weight is 296 g/mol. The number of carboxylic acids is 1. The zero-order valence-electron chi connectivity index (χ0n) is 12.5. The normalized spacial score (nSPS) is 12.3. The fraction of sp³-hybridized carbons (Fsp3) is 0.500. The maximum absolute atomic E-state index is 11.2. The summed E-state index contributed by atoms with van der Waals surface area (Å²) in [7, 11) is 0. The molecule has 2 N–H and O–H groups in total. The summed E-state index contributed by atoms with van der Waals surface area (Å²) < 4.78 is 5.42. The van der Waals surface area contributed by atoms with Crippen molar-refractivity contribution in [3.05, 3.63) is 28.3 Å². The predicted molar refractivity (Wildman–Crippen MR) is 78.7 cm³/mol. The Kier molecular flexibility index (Phi) is 5.52. The number of hydrogen-bond donors (Lipinski definition) is 2. The molecule has 0 spiro atoms. The van der Waals surface area contributed by atoms with Crippen molar-refractivity contribution in [2.24, 2.45) is 5.92 Å². The molecule has 0 radical (unpaired) electrons. The van der Waals surface area contributed by atoms with Gasteiger partial charge in [0.1, 0.15) is 6.04 Å². The van der Waals surface area contributed by atoms with Crippen LogP contribution in [0, 0.1) is 16.0 Å². The largest absolute Gasteiger partial charge is 0.484 e. The topological polar surface area (TPSA) is 102 Å². The van der Waals surface area contributed by atoms with Crippen molar-refractivity contribution >= 4 is 17.3 Å². The second-order valence-corrected chi connectivity index (χ2v) is 5.31. The Bertz CT molecular complexity index is 528. The average Bonchev–Trinajstić information content (AvgIpc) is 2.34. The fourth-order valence-electron chi connectivity index (χ4n) is 1.80. The number of aliphatic carboxylic acids is 1. The van der Waals surface area contributed by atoms with Crippen LogP contribution in [-0.2, 0) is 4.79 Å². The van der Waals surface area contributed by atoms with Gasteiger partial charge in [0, 0.05) is 17.8 Å². The minimum absolute atomic E-state index is 0.118. The molecular weight excluding hydrogens is 276 g/mol. The second-order valence-electron chi connectivity index (χ2n) is 5.31. The highest BCUT2D eigenvalue weighted by molar-refractivity contribution is 5.78. The van der Waals surface area contributed by atoms with Gasteiger partial charge in [-0.3, -0.25) is 10.1 Å². The number of rotatable bonds is 7. The number of nitrogens with zero attached hydrogens (tertiary/aromatic N) is 1. The number of ether oxygens (including phenoxy) is 1. The first kappa shape index (κ1) is 16.7. The maximum Gasteiger partial charge on any atom is 0.326 e. The molecule has 7 nitrogen and oxygen atoms in total. The van der Waals surface area contributed by atoms with Crippen molar-refractivity contribution in [1.82, 2.24) is 0 Å². The molecule has 0 saturated heterocycles. The van der Waals surface area contributed by atoms with E-state index >= 15 is 0 Å². The van der Waals surface area contributed by atoms with Crippen molar-refractivity contribution < 1.29 is 19.6 Å². The molecule has 0 amide bonds. The molecule has 1 rings (SSSR count). The number of nitrogens with one attached hydrogen (secondary N) is 1. The smallest absolute Gasteiger partial charge is 0.326 e. The van der Waals surface area contributed by atoms with E-state index in [0.29, 0.717) is 5.69 Å². The predicted octanol–water partition coefficient (Wildman–Crippen LogP) is 2.90. The van der Waals surface area contributed by atoms with E-state index in [1.165, 1.54) is 18.2 Å². The summed E-state index contributed by atoms with van der Waals surface area (Å²) in [6.07, 6.45) is -0.223. The monoisotopic (exact) mass is 296 g/mol. The first-order valence-electron chi connectivity index (χ1n) is 6.66. The van der Waals surface area contributed by atoms with Crippen molar-refractivity contribution in [3.63, 3.8) is 0 Å². The molecule has 0 aromatic heterocycles. The van der Waals surface area contributed by atoms with Crippen LogP contribution >= 0.6 is 0 Å². The van der Waals surface area contributed by atoms with Crippen molar-refractivity contribution in [3.8, 4) is 5.75 Å². The lowest BCUT2D eigenvalue weighted by molar-refractivity contribution is -0.386. The quantitative estimate of drug-likeness (QED) is 0.592. The summed E-state index contributed by atoms with van der Waals surface area (Å²) in [4.78, 5) is 21.6. The second kappa shape index (κ2) is 6.92. The molecule has 7 heteroatoms. The highest BCUT2D eigenvalue weighted by Gasteiger charge is 2.23. The molecule has 0 aliphatic heterocycles. The number of carbonyl (C=O) groups is 1. The highest BCUT2D eigenvalue weighted by atomic mass is 16.6. The number of nitro groups is 1. The van der Waals surface area contributed by atoms with Crippen molar-refractivity contribution in [2.45, 2.75) is 39.8 Å². The van der Waals surface area contributed by atoms with Gasteiger partial charge in [0.25, 0.3) is 0 Å². The van der Waals surface area contributed by atoms with Crippen LogP contribution < -0.4 is 10.1 Å². The Morgan fingerprint density at radius 2 is 1.95 bits per heavy atom. The molecule has 116 valence electrons. The number of benzene rings is 1. The third kappa shape index (κ3) is 4.62. The lowest BCUT2D eigenvalue weighted by Crippen LogP contribution is -2.34. The van der Waals surface area contributed by atoms with Gasteiger partial charge in [-0.05, 0) is 25.8 Å². The Morgan fingerprint density at radius 3 is 2.38 bits per heavy atom. The van der Waals surface area contributed by atoms with E-state index in [1.807, 2.05) is 0 Å². The fourth-order valence-corrected chi connectivity index (χ4v) is 1.80. The molecule has 21 heavy (non-hydrogen) atoms. The van der Waals surface area contributed by atoms with E-state index in [-0.39, 0.29) is 23.5 Å². The minimum atomic E-state index is -0.977. The molecule has 0 aliphatic rings.